The molecule has 0 amide bonds. The van der Waals surface area contributed by atoms with Gasteiger partial charge in [-0.05, 0) is 5.56 Å². The molecule has 94 valence electrons. The second-order valence-corrected chi connectivity index (χ2v) is 4.10. The predicted molar refractivity (Wildman–Crippen MR) is 68.4 cm³/mol. The van der Waals surface area contributed by atoms with Crippen LogP contribution in [0.15, 0.2) is 42.7 Å². The molecular formula is C14H16N2O2. The van der Waals surface area contributed by atoms with Gasteiger partial charge in [0, 0.05) is 18.3 Å². The van der Waals surface area contributed by atoms with Crippen LogP contribution in [0, 0.1) is 0 Å². The van der Waals surface area contributed by atoms with E-state index in [1.807, 2.05) is 37.3 Å². The lowest BCUT2D eigenvalue weighted by molar-refractivity contribution is 0.142. The summed E-state index contributed by atoms with van der Waals surface area (Å²) < 4.78 is 5.12. The van der Waals surface area contributed by atoms with Gasteiger partial charge in [0.2, 0.25) is 5.88 Å². The zero-order chi connectivity index (χ0) is 13.0. The summed E-state index contributed by atoms with van der Waals surface area (Å²) in [5.74, 6) is 0.296. The molecule has 18 heavy (non-hydrogen) atoms. The normalized spacial score (nSPS) is 13.9. The first-order chi connectivity index (χ1) is 8.74. The number of benzene rings is 1. The van der Waals surface area contributed by atoms with E-state index in [2.05, 4.69) is 9.97 Å². The average Bonchev–Trinajstić information content (AvgIpc) is 2.46. The summed E-state index contributed by atoms with van der Waals surface area (Å²) in [5, 5.41) is 10.4. The maximum Gasteiger partial charge on any atom is 0.238 e. The zero-order valence-electron chi connectivity index (χ0n) is 10.4. The zero-order valence-corrected chi connectivity index (χ0v) is 10.4. The summed E-state index contributed by atoms with van der Waals surface area (Å²) in [7, 11) is 1.52. The highest BCUT2D eigenvalue weighted by Gasteiger charge is 2.23. The first-order valence-electron chi connectivity index (χ1n) is 5.82. The van der Waals surface area contributed by atoms with Crippen molar-refractivity contribution in [2.75, 3.05) is 7.11 Å². The van der Waals surface area contributed by atoms with Crippen LogP contribution in [-0.4, -0.2) is 22.2 Å². The third kappa shape index (κ3) is 2.49. The third-order valence-corrected chi connectivity index (χ3v) is 2.96. The van der Waals surface area contributed by atoms with Crippen molar-refractivity contribution in [1.82, 2.24) is 9.97 Å². The second kappa shape index (κ2) is 5.60. The summed E-state index contributed by atoms with van der Waals surface area (Å²) in [6.07, 6.45) is 2.36. The van der Waals surface area contributed by atoms with Crippen LogP contribution in [0.5, 0.6) is 5.88 Å². The topological polar surface area (TPSA) is 55.2 Å². The molecule has 0 spiro atoms. The quantitative estimate of drug-likeness (QED) is 0.896. The number of aliphatic hydroxyl groups excluding tert-OH is 1. The molecule has 1 N–H and O–H groups in total. The van der Waals surface area contributed by atoms with Crippen LogP contribution in [0.3, 0.4) is 0 Å². The second-order valence-electron chi connectivity index (χ2n) is 4.10. The highest BCUT2D eigenvalue weighted by atomic mass is 16.5. The predicted octanol–water partition coefficient (Wildman–Crippen LogP) is 2.32. The molecule has 0 aliphatic heterocycles. The standard InChI is InChI=1S/C14H16N2O2/c1-10(11-6-4-3-5-7-11)13(17)12-14(18-2)16-9-8-15-12/h3-10,13,17H,1-2H3. The van der Waals surface area contributed by atoms with E-state index in [0.717, 1.165) is 5.56 Å². The van der Waals surface area contributed by atoms with Gasteiger partial charge in [0.1, 0.15) is 11.8 Å². The smallest absolute Gasteiger partial charge is 0.238 e. The van der Waals surface area contributed by atoms with E-state index in [0.29, 0.717) is 11.6 Å². The van der Waals surface area contributed by atoms with Crippen molar-refractivity contribution in [3.05, 3.63) is 54.0 Å². The van der Waals surface area contributed by atoms with Crippen molar-refractivity contribution in [2.45, 2.75) is 18.9 Å². The van der Waals surface area contributed by atoms with Crippen LogP contribution < -0.4 is 4.74 Å². The van der Waals surface area contributed by atoms with Crippen molar-refractivity contribution in [1.29, 1.82) is 0 Å². The van der Waals surface area contributed by atoms with E-state index in [4.69, 9.17) is 4.74 Å². The summed E-state index contributed by atoms with van der Waals surface area (Å²) in [5.41, 5.74) is 1.52. The Balaban J connectivity index is 2.28. The fourth-order valence-electron chi connectivity index (χ4n) is 1.87. The van der Waals surface area contributed by atoms with E-state index >= 15 is 0 Å². The molecule has 0 aliphatic rings. The maximum absolute atomic E-state index is 10.4. The van der Waals surface area contributed by atoms with Crippen LogP contribution in [0.25, 0.3) is 0 Å². The molecule has 0 saturated carbocycles. The van der Waals surface area contributed by atoms with Gasteiger partial charge in [0.15, 0.2) is 0 Å². The number of hydrogen-bond donors (Lipinski definition) is 1. The molecule has 1 aromatic heterocycles. The van der Waals surface area contributed by atoms with Crippen LogP contribution in [0.4, 0.5) is 0 Å². The highest BCUT2D eigenvalue weighted by Crippen LogP contribution is 2.32. The lowest BCUT2D eigenvalue weighted by atomic mass is 9.93. The molecule has 2 rings (SSSR count). The number of nitrogens with zero attached hydrogens (tertiary/aromatic N) is 2. The summed E-state index contributed by atoms with van der Waals surface area (Å²) in [6, 6.07) is 9.82. The van der Waals surface area contributed by atoms with Gasteiger partial charge in [0.05, 0.1) is 7.11 Å². The van der Waals surface area contributed by atoms with Crippen molar-refractivity contribution in [3.63, 3.8) is 0 Å². The van der Waals surface area contributed by atoms with E-state index < -0.39 is 6.10 Å². The van der Waals surface area contributed by atoms with Crippen LogP contribution >= 0.6 is 0 Å². The van der Waals surface area contributed by atoms with Crippen molar-refractivity contribution < 1.29 is 9.84 Å². The number of methoxy groups -OCH3 is 1. The molecule has 0 fully saturated rings. The van der Waals surface area contributed by atoms with Gasteiger partial charge >= 0.3 is 0 Å². The van der Waals surface area contributed by atoms with E-state index in [1.54, 1.807) is 12.4 Å². The van der Waals surface area contributed by atoms with Gasteiger partial charge in [-0.1, -0.05) is 37.3 Å². The number of ether oxygens (including phenoxy) is 1. The summed E-state index contributed by atoms with van der Waals surface area (Å²) in [6.45, 7) is 1.95. The Labute approximate surface area is 106 Å². The fourth-order valence-corrected chi connectivity index (χ4v) is 1.87. The largest absolute Gasteiger partial charge is 0.480 e. The molecule has 1 aromatic carbocycles. The van der Waals surface area contributed by atoms with E-state index in [-0.39, 0.29) is 5.92 Å². The van der Waals surface area contributed by atoms with Crippen LogP contribution in [0.1, 0.15) is 30.2 Å². The van der Waals surface area contributed by atoms with Gasteiger partial charge in [0.25, 0.3) is 0 Å². The van der Waals surface area contributed by atoms with Gasteiger partial charge < -0.3 is 9.84 Å². The Hall–Kier alpha value is -1.94. The lowest BCUT2D eigenvalue weighted by Crippen LogP contribution is -2.11. The highest BCUT2D eigenvalue weighted by molar-refractivity contribution is 5.27. The molecule has 2 atom stereocenters. The van der Waals surface area contributed by atoms with Crippen molar-refractivity contribution in [3.8, 4) is 5.88 Å². The molecule has 4 nitrogen and oxygen atoms in total. The minimum atomic E-state index is -0.740. The Bertz CT molecular complexity index is 502. The number of aromatic nitrogens is 2. The first-order valence-corrected chi connectivity index (χ1v) is 5.82. The molecule has 4 heteroatoms. The van der Waals surface area contributed by atoms with Crippen LogP contribution in [-0.2, 0) is 0 Å². The SMILES string of the molecule is COc1nccnc1C(O)C(C)c1ccccc1. The van der Waals surface area contributed by atoms with E-state index in [1.165, 1.54) is 7.11 Å². The molecule has 2 aromatic rings. The first kappa shape index (κ1) is 12.5. The van der Waals surface area contributed by atoms with Crippen molar-refractivity contribution >= 4 is 0 Å². The number of rotatable bonds is 4. The van der Waals surface area contributed by atoms with E-state index in [9.17, 15) is 5.11 Å². The minimum absolute atomic E-state index is 0.0724. The summed E-state index contributed by atoms with van der Waals surface area (Å²) >= 11 is 0. The van der Waals surface area contributed by atoms with Gasteiger partial charge in [-0.2, -0.15) is 0 Å². The Morgan fingerprint density at radius 3 is 2.44 bits per heavy atom. The van der Waals surface area contributed by atoms with Crippen LogP contribution in [0.2, 0.25) is 0 Å². The Morgan fingerprint density at radius 1 is 1.11 bits per heavy atom. The molecule has 1 heterocycles. The summed E-state index contributed by atoms with van der Waals surface area (Å²) in [4.78, 5) is 8.21. The van der Waals surface area contributed by atoms with Gasteiger partial charge in [-0.25, -0.2) is 4.98 Å². The molecule has 0 saturated heterocycles. The minimum Gasteiger partial charge on any atom is -0.480 e. The Kier molecular flexibility index (Phi) is 3.89. The average molecular weight is 244 g/mol. The van der Waals surface area contributed by atoms with Gasteiger partial charge in [-0.3, -0.25) is 4.98 Å². The van der Waals surface area contributed by atoms with Crippen molar-refractivity contribution in [2.24, 2.45) is 0 Å². The monoisotopic (exact) mass is 244 g/mol. The van der Waals surface area contributed by atoms with Gasteiger partial charge in [-0.15, -0.1) is 0 Å². The lowest BCUT2D eigenvalue weighted by Gasteiger charge is -2.19. The fraction of sp³-hybridized carbons (Fsp3) is 0.286. The molecule has 2 unspecified atom stereocenters. The number of hydrogen-bond acceptors (Lipinski definition) is 4. The number of aliphatic hydroxyl groups is 1. The third-order valence-electron chi connectivity index (χ3n) is 2.96. The molecular weight excluding hydrogens is 228 g/mol. The Morgan fingerprint density at radius 2 is 1.78 bits per heavy atom. The maximum atomic E-state index is 10.4. The molecule has 0 aliphatic carbocycles. The molecule has 0 radical (unpaired) electrons. The molecule has 0 bridgehead atoms.